The molecule has 9 nitrogen and oxygen atoms in total. The molecule has 0 radical (unpaired) electrons. The van der Waals surface area contributed by atoms with E-state index >= 15 is 0 Å². The Balaban J connectivity index is 1.39. The number of benzene rings is 2. The maximum atomic E-state index is 14.1. The first kappa shape index (κ1) is 26.1. The van der Waals surface area contributed by atoms with Crippen LogP contribution in [0, 0.1) is 5.82 Å². The Morgan fingerprint density at radius 2 is 1.87 bits per heavy atom. The highest BCUT2D eigenvalue weighted by atomic mass is 19.1. The second kappa shape index (κ2) is 11.1. The van der Waals surface area contributed by atoms with Crippen LogP contribution in [0.5, 0.6) is 5.75 Å². The number of hydrogen-bond donors (Lipinski definition) is 1. The van der Waals surface area contributed by atoms with Crippen LogP contribution in [0.2, 0.25) is 0 Å². The van der Waals surface area contributed by atoms with Gasteiger partial charge in [-0.1, -0.05) is 12.1 Å². The summed E-state index contributed by atoms with van der Waals surface area (Å²) in [5, 5.41) is 7.35. The molecule has 10 heteroatoms. The van der Waals surface area contributed by atoms with Gasteiger partial charge in [-0.25, -0.2) is 9.18 Å². The van der Waals surface area contributed by atoms with Crippen molar-refractivity contribution < 1.29 is 18.7 Å². The van der Waals surface area contributed by atoms with Crippen LogP contribution in [0.15, 0.2) is 47.3 Å². The van der Waals surface area contributed by atoms with Crippen molar-refractivity contribution in [1.82, 2.24) is 24.6 Å². The van der Waals surface area contributed by atoms with E-state index in [0.29, 0.717) is 23.5 Å². The molecule has 1 N–H and O–H groups in total. The standard InChI is InChI=1S/C28H34FN5O4/c1-18(2)30-26(35)17-33-27(20-6-11-24(29)25(14-20)37-3)31-34(28(33)36)21-7-4-19(5-8-21)12-13-32-15-22-9-10-23(16-32)38-22/h4-8,11,14,18,22-23H,9-10,12-13,15-17H2,1-3H3,(H,30,35). The molecule has 2 unspecified atom stereocenters. The van der Waals surface area contributed by atoms with Crippen LogP contribution >= 0.6 is 0 Å². The Morgan fingerprint density at radius 3 is 2.53 bits per heavy atom. The zero-order chi connectivity index (χ0) is 26.8. The Bertz CT molecular complexity index is 1340. The lowest BCUT2D eigenvalue weighted by atomic mass is 10.1. The van der Waals surface area contributed by atoms with E-state index in [-0.39, 0.29) is 30.1 Å². The van der Waals surface area contributed by atoms with Crippen molar-refractivity contribution in [2.45, 2.75) is 57.9 Å². The molecule has 3 heterocycles. The fourth-order valence-electron chi connectivity index (χ4n) is 5.20. The van der Waals surface area contributed by atoms with Gasteiger partial charge >= 0.3 is 5.69 Å². The molecular formula is C28H34FN5O4. The molecule has 2 bridgehead atoms. The SMILES string of the molecule is COc1cc(-c2nn(-c3ccc(CCN4CC5CCC(C4)O5)cc3)c(=O)n2CC(=O)NC(C)C)ccc1F. The number of carbonyl (C=O) groups is 1. The molecule has 2 aliphatic rings. The summed E-state index contributed by atoms with van der Waals surface area (Å²) in [5.74, 6) is -0.565. The van der Waals surface area contributed by atoms with E-state index < -0.39 is 11.5 Å². The average molecular weight is 524 g/mol. The monoisotopic (exact) mass is 523 g/mol. The summed E-state index contributed by atoms with van der Waals surface area (Å²) in [4.78, 5) is 28.5. The Morgan fingerprint density at radius 1 is 1.16 bits per heavy atom. The quantitative estimate of drug-likeness (QED) is 0.464. The van der Waals surface area contributed by atoms with Gasteiger partial charge in [-0.3, -0.25) is 14.3 Å². The van der Waals surface area contributed by atoms with Crippen LogP contribution in [0.3, 0.4) is 0 Å². The van der Waals surface area contributed by atoms with Gasteiger partial charge in [0.25, 0.3) is 0 Å². The van der Waals surface area contributed by atoms with Gasteiger partial charge < -0.3 is 14.8 Å². The highest BCUT2D eigenvalue weighted by molar-refractivity contribution is 5.76. The van der Waals surface area contributed by atoms with Crippen LogP contribution < -0.4 is 15.7 Å². The molecule has 2 aliphatic heterocycles. The third-order valence-corrected chi connectivity index (χ3v) is 7.04. The predicted octanol–water partition coefficient (Wildman–Crippen LogP) is 2.78. The lowest BCUT2D eigenvalue weighted by Crippen LogP contribution is -2.43. The van der Waals surface area contributed by atoms with Crippen molar-refractivity contribution in [3.05, 3.63) is 64.3 Å². The third kappa shape index (κ3) is 5.66. The molecule has 0 saturated carbocycles. The van der Waals surface area contributed by atoms with Gasteiger partial charge in [0.1, 0.15) is 6.54 Å². The molecule has 38 heavy (non-hydrogen) atoms. The Labute approximate surface area is 221 Å². The number of rotatable bonds is 9. The second-order valence-electron chi connectivity index (χ2n) is 10.3. The molecule has 0 spiro atoms. The number of halogens is 1. The van der Waals surface area contributed by atoms with E-state index in [2.05, 4.69) is 15.3 Å². The van der Waals surface area contributed by atoms with Crippen LogP contribution in [-0.2, 0) is 22.5 Å². The van der Waals surface area contributed by atoms with E-state index in [4.69, 9.17) is 9.47 Å². The highest BCUT2D eigenvalue weighted by Crippen LogP contribution is 2.27. The topological polar surface area (TPSA) is 90.6 Å². The third-order valence-electron chi connectivity index (χ3n) is 7.04. The Hall–Kier alpha value is -3.50. The first-order valence-electron chi connectivity index (χ1n) is 13.1. The molecule has 1 aromatic heterocycles. The average Bonchev–Trinajstić information content (AvgIpc) is 3.40. The number of hydrogen-bond acceptors (Lipinski definition) is 6. The number of morpholine rings is 1. The van der Waals surface area contributed by atoms with Crippen molar-refractivity contribution in [1.29, 1.82) is 0 Å². The molecule has 202 valence electrons. The Kier molecular flexibility index (Phi) is 7.62. The van der Waals surface area contributed by atoms with Crippen molar-refractivity contribution >= 4 is 5.91 Å². The first-order chi connectivity index (χ1) is 18.3. The van der Waals surface area contributed by atoms with Crippen molar-refractivity contribution in [3.63, 3.8) is 0 Å². The van der Waals surface area contributed by atoms with Crippen molar-refractivity contribution in [3.8, 4) is 22.8 Å². The first-order valence-corrected chi connectivity index (χ1v) is 13.1. The van der Waals surface area contributed by atoms with Gasteiger partial charge in [0.2, 0.25) is 5.91 Å². The minimum Gasteiger partial charge on any atom is -0.494 e. The molecule has 3 aromatic rings. The summed E-state index contributed by atoms with van der Waals surface area (Å²) in [5.41, 5.74) is 1.76. The fraction of sp³-hybridized carbons (Fsp3) is 0.464. The zero-order valence-corrected chi connectivity index (χ0v) is 22.0. The van der Waals surface area contributed by atoms with E-state index in [9.17, 15) is 14.0 Å². The molecular weight excluding hydrogens is 489 g/mol. The number of likely N-dealkylation sites (tertiary alicyclic amines) is 1. The summed E-state index contributed by atoms with van der Waals surface area (Å²) in [6, 6.07) is 11.9. The lowest BCUT2D eigenvalue weighted by molar-refractivity contribution is -0.122. The summed E-state index contributed by atoms with van der Waals surface area (Å²) in [6.07, 6.45) is 3.96. The van der Waals surface area contributed by atoms with Crippen molar-refractivity contribution in [2.75, 3.05) is 26.7 Å². The molecule has 2 saturated heterocycles. The molecule has 0 aliphatic carbocycles. The van der Waals surface area contributed by atoms with Gasteiger partial charge in [0.15, 0.2) is 17.4 Å². The van der Waals surface area contributed by atoms with E-state index in [1.54, 1.807) is 0 Å². The van der Waals surface area contributed by atoms with Crippen LogP contribution in [-0.4, -0.2) is 70.1 Å². The lowest BCUT2D eigenvalue weighted by Gasteiger charge is -2.32. The number of nitrogens with zero attached hydrogens (tertiary/aromatic N) is 4. The number of nitrogens with one attached hydrogen (secondary N) is 1. The smallest absolute Gasteiger partial charge is 0.351 e. The predicted molar refractivity (Wildman–Crippen MR) is 141 cm³/mol. The number of ether oxygens (including phenoxy) is 2. The molecule has 5 rings (SSSR count). The van der Waals surface area contributed by atoms with Gasteiger partial charge in [0.05, 0.1) is 25.0 Å². The minimum absolute atomic E-state index is 0.0281. The van der Waals surface area contributed by atoms with Crippen LogP contribution in [0.4, 0.5) is 4.39 Å². The van der Waals surface area contributed by atoms with Crippen LogP contribution in [0.25, 0.3) is 17.1 Å². The summed E-state index contributed by atoms with van der Waals surface area (Å²) < 4.78 is 27.7. The van der Waals surface area contributed by atoms with E-state index in [1.165, 1.54) is 40.1 Å². The summed E-state index contributed by atoms with van der Waals surface area (Å²) in [6.45, 7) is 6.42. The molecule has 2 aromatic carbocycles. The van der Waals surface area contributed by atoms with Gasteiger partial charge in [-0.15, -0.1) is 5.10 Å². The van der Waals surface area contributed by atoms with Crippen LogP contribution in [0.1, 0.15) is 32.3 Å². The van der Waals surface area contributed by atoms with Gasteiger partial charge in [0, 0.05) is 31.2 Å². The number of amides is 1. The number of fused-ring (bicyclic) bond motifs is 2. The maximum Gasteiger partial charge on any atom is 0.351 e. The molecule has 2 fully saturated rings. The normalized spacial score (nSPS) is 19.2. The number of methoxy groups -OCH3 is 1. The minimum atomic E-state index is -0.526. The second-order valence-corrected chi connectivity index (χ2v) is 10.3. The summed E-state index contributed by atoms with van der Waals surface area (Å²) >= 11 is 0. The highest BCUT2D eigenvalue weighted by Gasteiger charge is 2.33. The maximum absolute atomic E-state index is 14.1. The molecule has 2 atom stereocenters. The summed E-state index contributed by atoms with van der Waals surface area (Å²) in [7, 11) is 1.37. The number of aromatic nitrogens is 3. The largest absolute Gasteiger partial charge is 0.494 e. The number of carbonyl (C=O) groups excluding carboxylic acids is 1. The van der Waals surface area contributed by atoms with E-state index in [1.807, 2.05) is 38.1 Å². The fourth-order valence-corrected chi connectivity index (χ4v) is 5.20. The van der Waals surface area contributed by atoms with Gasteiger partial charge in [-0.05, 0) is 69.0 Å². The molecule has 1 amide bonds. The van der Waals surface area contributed by atoms with Crippen molar-refractivity contribution in [2.24, 2.45) is 0 Å². The zero-order valence-electron chi connectivity index (χ0n) is 22.0. The van der Waals surface area contributed by atoms with E-state index in [0.717, 1.165) is 38.9 Å². The van der Waals surface area contributed by atoms with Gasteiger partial charge in [-0.2, -0.15) is 4.68 Å².